The minimum atomic E-state index is 0.0775. The first kappa shape index (κ1) is 14.8. The van der Waals surface area contributed by atoms with E-state index in [1.165, 1.54) is 5.56 Å². The molecule has 0 bridgehead atoms. The van der Waals surface area contributed by atoms with E-state index in [0.717, 1.165) is 55.4 Å². The van der Waals surface area contributed by atoms with Crippen LogP contribution in [0.4, 0.5) is 0 Å². The molecule has 0 radical (unpaired) electrons. The van der Waals surface area contributed by atoms with Crippen LogP contribution in [-0.4, -0.2) is 40.5 Å². The molecule has 2 aliphatic rings. The van der Waals surface area contributed by atoms with E-state index < -0.39 is 0 Å². The number of aryl methyl sites for hydroxylation is 1. The average molecular weight is 311 g/mol. The van der Waals surface area contributed by atoms with Crippen molar-refractivity contribution in [2.24, 2.45) is 0 Å². The van der Waals surface area contributed by atoms with Gasteiger partial charge in [-0.2, -0.15) is 0 Å². The van der Waals surface area contributed by atoms with Gasteiger partial charge in [-0.25, -0.2) is 0 Å². The van der Waals surface area contributed by atoms with Gasteiger partial charge in [0, 0.05) is 29.0 Å². The molecule has 4 heteroatoms. The largest absolute Gasteiger partial charge is 0.351 e. The fourth-order valence-corrected chi connectivity index (χ4v) is 4.45. The highest BCUT2D eigenvalue weighted by Gasteiger charge is 2.44. The molecule has 122 valence electrons. The van der Waals surface area contributed by atoms with E-state index in [4.69, 9.17) is 0 Å². The van der Waals surface area contributed by atoms with Gasteiger partial charge in [0.15, 0.2) is 0 Å². The quantitative estimate of drug-likeness (QED) is 0.849. The summed E-state index contributed by atoms with van der Waals surface area (Å²) in [6, 6.07) is 8.50. The van der Waals surface area contributed by atoms with Crippen molar-refractivity contribution in [3.63, 3.8) is 0 Å². The van der Waals surface area contributed by atoms with Gasteiger partial charge in [-0.1, -0.05) is 12.1 Å². The van der Waals surface area contributed by atoms with Crippen molar-refractivity contribution in [2.75, 3.05) is 13.1 Å². The number of carbonyl (C=O) groups is 1. The maximum Gasteiger partial charge on any atom is 0.270 e. The molecule has 2 aromatic rings. The number of hydrogen-bond acceptors (Lipinski definition) is 2. The Labute approximate surface area is 137 Å². The Hall–Kier alpha value is -1.81. The van der Waals surface area contributed by atoms with E-state index in [0.29, 0.717) is 6.04 Å². The third-order valence-electron chi connectivity index (χ3n) is 5.76. The van der Waals surface area contributed by atoms with E-state index >= 15 is 0 Å². The van der Waals surface area contributed by atoms with Crippen LogP contribution >= 0.6 is 0 Å². The minimum Gasteiger partial charge on any atom is -0.351 e. The predicted molar refractivity (Wildman–Crippen MR) is 92.7 cm³/mol. The number of piperidine rings is 2. The molecule has 2 aliphatic heterocycles. The topological polar surface area (TPSA) is 48.1 Å². The molecule has 0 saturated carbocycles. The van der Waals surface area contributed by atoms with Gasteiger partial charge in [0.2, 0.25) is 0 Å². The van der Waals surface area contributed by atoms with Gasteiger partial charge in [0.25, 0.3) is 5.91 Å². The molecule has 0 spiro atoms. The highest BCUT2D eigenvalue weighted by atomic mass is 16.2. The molecular formula is C19H25N3O. The second-order valence-electron chi connectivity index (χ2n) is 7.32. The Morgan fingerprint density at radius 3 is 3.04 bits per heavy atom. The monoisotopic (exact) mass is 311 g/mol. The smallest absolute Gasteiger partial charge is 0.270 e. The summed E-state index contributed by atoms with van der Waals surface area (Å²) < 4.78 is 0. The molecule has 4 rings (SSSR count). The minimum absolute atomic E-state index is 0.0775. The number of hydrogen-bond donors (Lipinski definition) is 2. The Kier molecular flexibility index (Phi) is 3.45. The fraction of sp³-hybridized carbons (Fsp3) is 0.526. The number of H-pyrrole nitrogens is 1. The number of aromatic amines is 1. The van der Waals surface area contributed by atoms with Crippen LogP contribution in [0.5, 0.6) is 0 Å². The van der Waals surface area contributed by atoms with Crippen molar-refractivity contribution in [3.8, 4) is 0 Å². The number of benzene rings is 1. The number of rotatable bonds is 1. The van der Waals surface area contributed by atoms with Crippen LogP contribution in [0, 0.1) is 6.92 Å². The lowest BCUT2D eigenvalue weighted by atomic mass is 9.77. The fourth-order valence-electron chi connectivity index (χ4n) is 4.45. The van der Waals surface area contributed by atoms with E-state index in [9.17, 15) is 4.79 Å². The maximum absolute atomic E-state index is 13.1. The Morgan fingerprint density at radius 1 is 1.35 bits per heavy atom. The van der Waals surface area contributed by atoms with Crippen LogP contribution in [-0.2, 0) is 0 Å². The van der Waals surface area contributed by atoms with Crippen molar-refractivity contribution < 1.29 is 4.79 Å². The van der Waals surface area contributed by atoms with Crippen LogP contribution in [0.15, 0.2) is 24.3 Å². The zero-order valence-corrected chi connectivity index (χ0v) is 14.0. The van der Waals surface area contributed by atoms with Crippen molar-refractivity contribution in [2.45, 2.75) is 51.1 Å². The van der Waals surface area contributed by atoms with E-state index in [1.807, 2.05) is 18.2 Å². The summed E-state index contributed by atoms with van der Waals surface area (Å²) in [5, 5.41) is 4.82. The van der Waals surface area contributed by atoms with Gasteiger partial charge in [-0.3, -0.25) is 4.79 Å². The maximum atomic E-state index is 13.1. The highest BCUT2D eigenvalue weighted by molar-refractivity contribution is 5.99. The lowest BCUT2D eigenvalue weighted by Crippen LogP contribution is -2.65. The number of nitrogens with zero attached hydrogens (tertiary/aromatic N) is 1. The molecule has 1 aromatic carbocycles. The summed E-state index contributed by atoms with van der Waals surface area (Å²) in [6.45, 7) is 6.31. The summed E-state index contributed by atoms with van der Waals surface area (Å²) in [4.78, 5) is 18.6. The summed E-state index contributed by atoms with van der Waals surface area (Å²) in [5.41, 5.74) is 3.06. The summed E-state index contributed by atoms with van der Waals surface area (Å²) in [7, 11) is 0. The lowest BCUT2D eigenvalue weighted by Gasteiger charge is -2.51. The van der Waals surface area contributed by atoms with Gasteiger partial charge in [-0.15, -0.1) is 0 Å². The molecule has 0 unspecified atom stereocenters. The molecule has 2 atom stereocenters. The zero-order valence-electron chi connectivity index (χ0n) is 14.0. The Morgan fingerprint density at radius 2 is 2.22 bits per heavy atom. The molecule has 2 N–H and O–H groups in total. The number of likely N-dealkylation sites (tertiary alicyclic amines) is 1. The first-order valence-corrected chi connectivity index (χ1v) is 8.73. The van der Waals surface area contributed by atoms with Gasteiger partial charge in [0.05, 0.1) is 0 Å². The first-order valence-electron chi connectivity index (χ1n) is 8.73. The predicted octanol–water partition coefficient (Wildman–Crippen LogP) is 3.22. The molecule has 23 heavy (non-hydrogen) atoms. The van der Waals surface area contributed by atoms with Crippen molar-refractivity contribution >= 4 is 16.8 Å². The average Bonchev–Trinajstić information content (AvgIpc) is 2.98. The van der Waals surface area contributed by atoms with Crippen molar-refractivity contribution in [3.05, 3.63) is 35.5 Å². The number of carbonyl (C=O) groups excluding carboxylic acids is 1. The van der Waals surface area contributed by atoms with E-state index in [-0.39, 0.29) is 11.4 Å². The third-order valence-corrected chi connectivity index (χ3v) is 5.76. The molecule has 1 aromatic heterocycles. The second kappa shape index (κ2) is 5.38. The Balaban J connectivity index is 1.68. The van der Waals surface area contributed by atoms with Gasteiger partial charge < -0.3 is 15.2 Å². The van der Waals surface area contributed by atoms with Crippen LogP contribution in [0.3, 0.4) is 0 Å². The number of nitrogens with one attached hydrogen (secondary N) is 2. The normalized spacial score (nSPS) is 27.9. The summed E-state index contributed by atoms with van der Waals surface area (Å²) in [5.74, 6) is 0.153. The van der Waals surface area contributed by atoms with Crippen molar-refractivity contribution in [1.29, 1.82) is 0 Å². The second-order valence-corrected chi connectivity index (χ2v) is 7.32. The number of aromatic nitrogens is 1. The van der Waals surface area contributed by atoms with Crippen molar-refractivity contribution in [1.82, 2.24) is 15.2 Å². The molecule has 2 fully saturated rings. The molecular weight excluding hydrogens is 286 g/mol. The Bertz CT molecular complexity index is 746. The van der Waals surface area contributed by atoms with Gasteiger partial charge in [-0.05, 0) is 63.8 Å². The van der Waals surface area contributed by atoms with Crippen LogP contribution in [0.1, 0.15) is 48.7 Å². The van der Waals surface area contributed by atoms with Gasteiger partial charge >= 0.3 is 0 Å². The highest BCUT2D eigenvalue weighted by Crippen LogP contribution is 2.34. The standard InChI is InChI=1S/C19H25N3O/c1-13-6-3-7-15-14(13)12-16(21-15)18(23)22-11-5-9-19(2)17(22)8-4-10-20-19/h3,6-7,12,17,20-21H,4-5,8-11H2,1-2H3/t17-,19+/m1/s1. The molecule has 0 aliphatic carbocycles. The first-order chi connectivity index (χ1) is 11.1. The van der Waals surface area contributed by atoms with Crippen LogP contribution in [0.25, 0.3) is 10.9 Å². The third kappa shape index (κ3) is 2.36. The van der Waals surface area contributed by atoms with Gasteiger partial charge in [0.1, 0.15) is 5.69 Å². The molecule has 1 amide bonds. The van der Waals surface area contributed by atoms with Crippen LogP contribution in [0.2, 0.25) is 0 Å². The number of amides is 1. The SMILES string of the molecule is Cc1cccc2[nH]c(C(=O)N3CCC[C@]4(C)NCCC[C@@H]34)cc12. The molecule has 2 saturated heterocycles. The number of fused-ring (bicyclic) bond motifs is 2. The van der Waals surface area contributed by atoms with E-state index in [1.54, 1.807) is 0 Å². The van der Waals surface area contributed by atoms with E-state index in [2.05, 4.69) is 35.1 Å². The zero-order chi connectivity index (χ0) is 16.0. The van der Waals surface area contributed by atoms with Crippen LogP contribution < -0.4 is 5.32 Å². The molecule has 4 nitrogen and oxygen atoms in total. The molecule has 3 heterocycles. The summed E-state index contributed by atoms with van der Waals surface area (Å²) in [6.07, 6.45) is 4.49. The summed E-state index contributed by atoms with van der Waals surface area (Å²) >= 11 is 0. The lowest BCUT2D eigenvalue weighted by molar-refractivity contribution is 0.0249.